The van der Waals surface area contributed by atoms with E-state index in [9.17, 15) is 4.79 Å². The van der Waals surface area contributed by atoms with Gasteiger partial charge in [-0.05, 0) is 30.7 Å². The number of likely N-dealkylation sites (tertiary alicyclic amines) is 1. The third-order valence-corrected chi connectivity index (χ3v) is 3.46. The topological polar surface area (TPSA) is 49.8 Å². The Hall–Kier alpha value is -1.26. The van der Waals surface area contributed by atoms with Crippen LogP contribution < -0.4 is 4.74 Å². The van der Waals surface area contributed by atoms with Crippen molar-refractivity contribution in [2.45, 2.75) is 12.8 Å². The standard InChI is InChI=1S/C14H18ClNO3/c15-12-2-4-13(5-3-12)19-7-1-6-16-9-11(10-17)8-14(16)18/h2-5,11,17H,1,6-10H2. The largest absolute Gasteiger partial charge is 0.494 e. The van der Waals surface area contributed by atoms with Crippen molar-refractivity contribution >= 4 is 17.5 Å². The quantitative estimate of drug-likeness (QED) is 0.812. The number of halogens is 1. The van der Waals surface area contributed by atoms with Crippen molar-refractivity contribution in [2.24, 2.45) is 5.92 Å². The summed E-state index contributed by atoms with van der Waals surface area (Å²) in [6.45, 7) is 2.00. The molecule has 1 heterocycles. The molecule has 0 bridgehead atoms. The number of carbonyl (C=O) groups excluding carboxylic acids is 1. The fraction of sp³-hybridized carbons (Fsp3) is 0.500. The van der Waals surface area contributed by atoms with Gasteiger partial charge in [-0.1, -0.05) is 11.6 Å². The molecule has 0 aliphatic carbocycles. The number of aliphatic hydroxyl groups excluding tert-OH is 1. The van der Waals surface area contributed by atoms with Crippen LogP contribution in [-0.2, 0) is 4.79 Å². The van der Waals surface area contributed by atoms with Gasteiger partial charge in [-0.25, -0.2) is 0 Å². The molecule has 1 aromatic rings. The first-order valence-electron chi connectivity index (χ1n) is 6.46. The molecule has 1 N–H and O–H groups in total. The monoisotopic (exact) mass is 283 g/mol. The number of ether oxygens (including phenoxy) is 1. The number of benzene rings is 1. The SMILES string of the molecule is O=C1CC(CO)CN1CCCOc1ccc(Cl)cc1. The van der Waals surface area contributed by atoms with Crippen LogP contribution in [-0.4, -0.2) is 42.2 Å². The summed E-state index contributed by atoms with van der Waals surface area (Å²) in [7, 11) is 0. The molecule has 1 aliphatic heterocycles. The molecule has 1 aliphatic rings. The number of rotatable bonds is 6. The predicted molar refractivity (Wildman–Crippen MR) is 73.3 cm³/mol. The molecule has 0 saturated carbocycles. The number of nitrogens with zero attached hydrogens (tertiary/aromatic N) is 1. The second-order valence-corrected chi connectivity index (χ2v) is 5.18. The average Bonchev–Trinajstić information content (AvgIpc) is 2.77. The number of aliphatic hydroxyl groups is 1. The molecule has 1 unspecified atom stereocenters. The molecule has 1 atom stereocenters. The van der Waals surface area contributed by atoms with Gasteiger partial charge in [-0.15, -0.1) is 0 Å². The van der Waals surface area contributed by atoms with E-state index in [1.54, 1.807) is 17.0 Å². The van der Waals surface area contributed by atoms with Crippen LogP contribution in [0.5, 0.6) is 5.75 Å². The molecule has 0 spiro atoms. The Labute approximate surface area is 117 Å². The summed E-state index contributed by atoms with van der Waals surface area (Å²) in [6, 6.07) is 7.22. The number of carbonyl (C=O) groups is 1. The third kappa shape index (κ3) is 4.11. The molecule has 19 heavy (non-hydrogen) atoms. The Morgan fingerprint density at radius 1 is 1.37 bits per heavy atom. The molecule has 1 amide bonds. The van der Waals surface area contributed by atoms with E-state index in [4.69, 9.17) is 21.4 Å². The first-order chi connectivity index (χ1) is 9.19. The van der Waals surface area contributed by atoms with Gasteiger partial charge in [-0.3, -0.25) is 4.79 Å². The van der Waals surface area contributed by atoms with Crippen LogP contribution in [0, 0.1) is 5.92 Å². The first-order valence-corrected chi connectivity index (χ1v) is 6.84. The maximum absolute atomic E-state index is 11.6. The van der Waals surface area contributed by atoms with Gasteiger partial charge in [0.05, 0.1) is 6.61 Å². The zero-order valence-corrected chi connectivity index (χ0v) is 11.5. The lowest BCUT2D eigenvalue weighted by Crippen LogP contribution is -2.27. The van der Waals surface area contributed by atoms with Crippen LogP contribution in [0.15, 0.2) is 24.3 Å². The summed E-state index contributed by atoms with van der Waals surface area (Å²) in [5.74, 6) is 1.01. The zero-order chi connectivity index (χ0) is 13.7. The minimum absolute atomic E-state index is 0.0868. The molecule has 1 fully saturated rings. The van der Waals surface area contributed by atoms with Crippen molar-refractivity contribution in [3.63, 3.8) is 0 Å². The van der Waals surface area contributed by atoms with Gasteiger partial charge in [0.15, 0.2) is 0 Å². The number of hydrogen-bond donors (Lipinski definition) is 1. The van der Waals surface area contributed by atoms with Crippen LogP contribution in [0.4, 0.5) is 0 Å². The van der Waals surface area contributed by atoms with Gasteiger partial charge >= 0.3 is 0 Å². The van der Waals surface area contributed by atoms with Crippen molar-refractivity contribution in [2.75, 3.05) is 26.3 Å². The molecule has 4 nitrogen and oxygen atoms in total. The lowest BCUT2D eigenvalue weighted by Gasteiger charge is -2.16. The predicted octanol–water partition coefficient (Wildman–Crippen LogP) is 1.95. The highest BCUT2D eigenvalue weighted by atomic mass is 35.5. The molecule has 104 valence electrons. The van der Waals surface area contributed by atoms with Crippen molar-refractivity contribution < 1.29 is 14.6 Å². The summed E-state index contributed by atoms with van der Waals surface area (Å²) < 4.78 is 5.56. The molecule has 0 radical (unpaired) electrons. The molecular formula is C14H18ClNO3. The van der Waals surface area contributed by atoms with E-state index < -0.39 is 0 Å². The number of amides is 1. The van der Waals surface area contributed by atoms with E-state index in [0.29, 0.717) is 31.1 Å². The van der Waals surface area contributed by atoms with Crippen LogP contribution in [0.3, 0.4) is 0 Å². The smallest absolute Gasteiger partial charge is 0.223 e. The molecular weight excluding hydrogens is 266 g/mol. The summed E-state index contributed by atoms with van der Waals surface area (Å²) in [6.07, 6.45) is 1.25. The van der Waals surface area contributed by atoms with Crippen molar-refractivity contribution in [1.82, 2.24) is 4.90 Å². The van der Waals surface area contributed by atoms with Crippen LogP contribution in [0.2, 0.25) is 5.02 Å². The van der Waals surface area contributed by atoms with Gasteiger partial charge in [0.25, 0.3) is 0 Å². The molecule has 0 aromatic heterocycles. The lowest BCUT2D eigenvalue weighted by atomic mass is 10.1. The van der Waals surface area contributed by atoms with Gasteiger partial charge in [-0.2, -0.15) is 0 Å². The van der Waals surface area contributed by atoms with Crippen molar-refractivity contribution in [1.29, 1.82) is 0 Å². The Balaban J connectivity index is 1.67. The number of hydrogen-bond acceptors (Lipinski definition) is 3. The zero-order valence-electron chi connectivity index (χ0n) is 10.7. The first kappa shape index (κ1) is 14.2. The van der Waals surface area contributed by atoms with E-state index in [2.05, 4.69) is 0 Å². The normalized spacial score (nSPS) is 18.9. The summed E-state index contributed by atoms with van der Waals surface area (Å²) in [5, 5.41) is 9.72. The van der Waals surface area contributed by atoms with Crippen molar-refractivity contribution in [3.05, 3.63) is 29.3 Å². The Bertz CT molecular complexity index is 421. The fourth-order valence-corrected chi connectivity index (χ4v) is 2.29. The van der Waals surface area contributed by atoms with Gasteiger partial charge in [0, 0.05) is 37.1 Å². The van der Waals surface area contributed by atoms with E-state index >= 15 is 0 Å². The Morgan fingerprint density at radius 2 is 2.11 bits per heavy atom. The van der Waals surface area contributed by atoms with Gasteiger partial charge in [0.2, 0.25) is 5.91 Å². The summed E-state index contributed by atoms with van der Waals surface area (Å²) in [4.78, 5) is 13.4. The summed E-state index contributed by atoms with van der Waals surface area (Å²) >= 11 is 5.78. The minimum atomic E-state index is 0.0868. The van der Waals surface area contributed by atoms with Crippen LogP contribution in [0.1, 0.15) is 12.8 Å². The maximum Gasteiger partial charge on any atom is 0.223 e. The summed E-state index contributed by atoms with van der Waals surface area (Å²) in [5.41, 5.74) is 0. The van der Waals surface area contributed by atoms with Crippen LogP contribution in [0.25, 0.3) is 0 Å². The van der Waals surface area contributed by atoms with E-state index in [1.807, 2.05) is 12.1 Å². The highest BCUT2D eigenvalue weighted by molar-refractivity contribution is 6.30. The highest BCUT2D eigenvalue weighted by Crippen LogP contribution is 2.18. The second kappa shape index (κ2) is 6.78. The average molecular weight is 284 g/mol. The van der Waals surface area contributed by atoms with E-state index in [-0.39, 0.29) is 18.4 Å². The molecule has 1 aromatic carbocycles. The molecule has 1 saturated heterocycles. The Morgan fingerprint density at radius 3 is 2.74 bits per heavy atom. The van der Waals surface area contributed by atoms with Crippen molar-refractivity contribution in [3.8, 4) is 5.75 Å². The van der Waals surface area contributed by atoms with E-state index in [1.165, 1.54) is 0 Å². The fourth-order valence-electron chi connectivity index (χ4n) is 2.17. The third-order valence-electron chi connectivity index (χ3n) is 3.21. The maximum atomic E-state index is 11.6. The highest BCUT2D eigenvalue weighted by Gasteiger charge is 2.28. The van der Waals surface area contributed by atoms with Gasteiger partial charge < -0.3 is 14.7 Å². The lowest BCUT2D eigenvalue weighted by molar-refractivity contribution is -0.127. The minimum Gasteiger partial charge on any atom is -0.494 e. The Kier molecular flexibility index (Phi) is 5.05. The molecule has 2 rings (SSSR count). The van der Waals surface area contributed by atoms with Gasteiger partial charge in [0.1, 0.15) is 5.75 Å². The molecule has 5 heteroatoms. The van der Waals surface area contributed by atoms with E-state index in [0.717, 1.165) is 12.2 Å². The van der Waals surface area contributed by atoms with Crippen LogP contribution >= 0.6 is 11.6 Å². The second-order valence-electron chi connectivity index (χ2n) is 4.75.